The highest BCUT2D eigenvalue weighted by molar-refractivity contribution is 5.46. The van der Waals surface area contributed by atoms with E-state index in [4.69, 9.17) is 5.73 Å². The molecule has 0 fully saturated rings. The highest BCUT2D eigenvalue weighted by Crippen LogP contribution is 2.19. The summed E-state index contributed by atoms with van der Waals surface area (Å²) in [6, 6.07) is 6.34. The van der Waals surface area contributed by atoms with E-state index in [1.54, 1.807) is 18.1 Å². The number of likely N-dealkylation sites (N-methyl/N-ethyl adjacent to an activating group) is 1. The summed E-state index contributed by atoms with van der Waals surface area (Å²) in [5.41, 5.74) is 6.24. The molecule has 0 saturated heterocycles. The van der Waals surface area contributed by atoms with Gasteiger partial charge in [0.2, 0.25) is 0 Å². The summed E-state index contributed by atoms with van der Waals surface area (Å²) >= 11 is 0. The van der Waals surface area contributed by atoms with Crippen LogP contribution >= 0.6 is 0 Å². The van der Waals surface area contributed by atoms with Gasteiger partial charge in [-0.3, -0.25) is 4.98 Å². The predicted octanol–water partition coefficient (Wildman–Crippen LogP) is 2.02. The SMILES string of the molecule is CN(CCc1ccccn1)c1nc(N)c(F)cc1F. The van der Waals surface area contributed by atoms with E-state index in [9.17, 15) is 8.78 Å². The van der Waals surface area contributed by atoms with Crippen molar-refractivity contribution in [1.29, 1.82) is 0 Å². The summed E-state index contributed by atoms with van der Waals surface area (Å²) in [4.78, 5) is 9.47. The number of aromatic nitrogens is 2. The summed E-state index contributed by atoms with van der Waals surface area (Å²) in [5, 5.41) is 0. The van der Waals surface area contributed by atoms with Crippen LogP contribution in [0.2, 0.25) is 0 Å². The Kier molecular flexibility index (Phi) is 3.89. The molecule has 2 heterocycles. The lowest BCUT2D eigenvalue weighted by Gasteiger charge is -2.18. The Morgan fingerprint density at radius 1 is 1.26 bits per heavy atom. The van der Waals surface area contributed by atoms with Crippen LogP contribution < -0.4 is 10.6 Å². The second-order valence-electron chi connectivity index (χ2n) is 4.15. The van der Waals surface area contributed by atoms with Crippen molar-refractivity contribution in [2.45, 2.75) is 6.42 Å². The molecule has 0 saturated carbocycles. The fourth-order valence-corrected chi connectivity index (χ4v) is 1.67. The van der Waals surface area contributed by atoms with E-state index in [1.807, 2.05) is 18.2 Å². The van der Waals surface area contributed by atoms with Crippen molar-refractivity contribution in [3.05, 3.63) is 47.8 Å². The van der Waals surface area contributed by atoms with E-state index in [2.05, 4.69) is 9.97 Å². The van der Waals surface area contributed by atoms with Gasteiger partial charge in [0.05, 0.1) is 0 Å². The molecule has 0 spiro atoms. The highest BCUT2D eigenvalue weighted by Gasteiger charge is 2.13. The summed E-state index contributed by atoms with van der Waals surface area (Å²) in [6.07, 6.45) is 2.33. The monoisotopic (exact) mass is 264 g/mol. The number of halogens is 2. The lowest BCUT2D eigenvalue weighted by atomic mass is 10.2. The van der Waals surface area contributed by atoms with E-state index in [0.29, 0.717) is 13.0 Å². The van der Waals surface area contributed by atoms with Crippen molar-refractivity contribution in [3.63, 3.8) is 0 Å². The molecular weight excluding hydrogens is 250 g/mol. The van der Waals surface area contributed by atoms with Gasteiger partial charge in [0.15, 0.2) is 23.3 Å². The van der Waals surface area contributed by atoms with Gasteiger partial charge in [-0.15, -0.1) is 0 Å². The summed E-state index contributed by atoms with van der Waals surface area (Å²) < 4.78 is 26.6. The third-order valence-electron chi connectivity index (χ3n) is 2.73. The highest BCUT2D eigenvalue weighted by atomic mass is 19.1. The maximum Gasteiger partial charge on any atom is 0.168 e. The largest absolute Gasteiger partial charge is 0.381 e. The molecule has 0 amide bonds. The molecule has 6 heteroatoms. The van der Waals surface area contributed by atoms with Gasteiger partial charge in [-0.05, 0) is 12.1 Å². The molecule has 100 valence electrons. The second-order valence-corrected chi connectivity index (χ2v) is 4.15. The number of hydrogen-bond acceptors (Lipinski definition) is 4. The predicted molar refractivity (Wildman–Crippen MR) is 69.8 cm³/mol. The minimum Gasteiger partial charge on any atom is -0.381 e. The van der Waals surface area contributed by atoms with Crippen molar-refractivity contribution >= 4 is 11.6 Å². The van der Waals surface area contributed by atoms with Gasteiger partial charge in [0.1, 0.15) is 0 Å². The number of anilines is 2. The average Bonchev–Trinajstić information content (AvgIpc) is 2.41. The smallest absolute Gasteiger partial charge is 0.168 e. The molecule has 2 aromatic heterocycles. The van der Waals surface area contributed by atoms with Gasteiger partial charge in [0.25, 0.3) is 0 Å². The maximum atomic E-state index is 13.6. The zero-order valence-corrected chi connectivity index (χ0v) is 10.5. The van der Waals surface area contributed by atoms with Crippen LogP contribution in [0.25, 0.3) is 0 Å². The van der Waals surface area contributed by atoms with Gasteiger partial charge in [-0.2, -0.15) is 0 Å². The Balaban J connectivity index is 2.08. The molecule has 0 atom stereocenters. The Bertz CT molecular complexity index is 560. The van der Waals surface area contributed by atoms with Crippen LogP contribution in [-0.4, -0.2) is 23.6 Å². The quantitative estimate of drug-likeness (QED) is 0.917. The molecule has 2 N–H and O–H groups in total. The Labute approximate surface area is 109 Å². The maximum absolute atomic E-state index is 13.6. The van der Waals surface area contributed by atoms with Crippen LogP contribution in [-0.2, 0) is 6.42 Å². The lowest BCUT2D eigenvalue weighted by Crippen LogP contribution is -2.23. The second kappa shape index (κ2) is 5.60. The zero-order chi connectivity index (χ0) is 13.8. The summed E-state index contributed by atoms with van der Waals surface area (Å²) in [7, 11) is 1.67. The Morgan fingerprint density at radius 2 is 2.05 bits per heavy atom. The first kappa shape index (κ1) is 13.2. The fraction of sp³-hybridized carbons (Fsp3) is 0.231. The minimum absolute atomic E-state index is 0.0369. The number of hydrogen-bond donors (Lipinski definition) is 1. The third kappa shape index (κ3) is 3.15. The molecule has 2 aromatic rings. The number of nitrogens with two attached hydrogens (primary N) is 1. The van der Waals surface area contributed by atoms with Crippen LogP contribution in [0, 0.1) is 11.6 Å². The molecule has 4 nitrogen and oxygen atoms in total. The average molecular weight is 264 g/mol. The fourth-order valence-electron chi connectivity index (χ4n) is 1.67. The van der Waals surface area contributed by atoms with Crippen molar-refractivity contribution < 1.29 is 8.78 Å². The van der Waals surface area contributed by atoms with Crippen LogP contribution in [0.4, 0.5) is 20.4 Å². The van der Waals surface area contributed by atoms with Gasteiger partial charge in [-0.25, -0.2) is 13.8 Å². The first-order valence-electron chi connectivity index (χ1n) is 5.80. The number of nitrogens with zero attached hydrogens (tertiary/aromatic N) is 3. The molecule has 2 rings (SSSR count). The van der Waals surface area contributed by atoms with Gasteiger partial charge < -0.3 is 10.6 Å². The molecular formula is C13H14F2N4. The standard InChI is InChI=1S/C13H14F2N4/c1-19(7-5-9-4-2-3-6-17-9)13-11(15)8-10(14)12(16)18-13/h2-4,6,8H,5,7H2,1H3,(H2,16,18). The number of nitrogen functional groups attached to an aromatic ring is 1. The van der Waals surface area contributed by atoms with Crippen LogP contribution in [0.1, 0.15) is 5.69 Å². The molecule has 0 aromatic carbocycles. The third-order valence-corrected chi connectivity index (χ3v) is 2.73. The van der Waals surface area contributed by atoms with Gasteiger partial charge in [-0.1, -0.05) is 6.07 Å². The van der Waals surface area contributed by atoms with Crippen molar-refractivity contribution in [1.82, 2.24) is 9.97 Å². The Morgan fingerprint density at radius 3 is 2.74 bits per heavy atom. The Hall–Kier alpha value is -2.24. The molecule has 0 unspecified atom stereocenters. The normalized spacial score (nSPS) is 10.5. The van der Waals surface area contributed by atoms with Crippen molar-refractivity contribution in [3.8, 4) is 0 Å². The van der Waals surface area contributed by atoms with E-state index in [0.717, 1.165) is 11.8 Å². The van der Waals surface area contributed by atoms with Crippen molar-refractivity contribution in [2.75, 3.05) is 24.2 Å². The van der Waals surface area contributed by atoms with E-state index < -0.39 is 11.6 Å². The van der Waals surface area contributed by atoms with Gasteiger partial charge in [0, 0.05) is 38.0 Å². The molecule has 0 bridgehead atoms. The molecule has 0 aliphatic heterocycles. The van der Waals surface area contributed by atoms with E-state index in [1.165, 1.54) is 0 Å². The summed E-state index contributed by atoms with van der Waals surface area (Å²) in [5.74, 6) is -1.84. The number of pyridine rings is 2. The van der Waals surface area contributed by atoms with E-state index in [-0.39, 0.29) is 11.6 Å². The van der Waals surface area contributed by atoms with Gasteiger partial charge >= 0.3 is 0 Å². The van der Waals surface area contributed by atoms with Crippen molar-refractivity contribution in [2.24, 2.45) is 0 Å². The topological polar surface area (TPSA) is 55.0 Å². The summed E-state index contributed by atoms with van der Waals surface area (Å²) in [6.45, 7) is 0.506. The molecule has 0 aliphatic carbocycles. The zero-order valence-electron chi connectivity index (χ0n) is 10.5. The molecule has 0 aliphatic rings. The first-order chi connectivity index (χ1) is 9.08. The van der Waals surface area contributed by atoms with Crippen LogP contribution in [0.15, 0.2) is 30.5 Å². The first-order valence-corrected chi connectivity index (χ1v) is 5.80. The minimum atomic E-state index is -0.848. The van der Waals surface area contributed by atoms with Crippen LogP contribution in [0.5, 0.6) is 0 Å². The lowest BCUT2D eigenvalue weighted by molar-refractivity contribution is 0.574. The number of rotatable bonds is 4. The van der Waals surface area contributed by atoms with E-state index >= 15 is 0 Å². The molecule has 19 heavy (non-hydrogen) atoms. The van der Waals surface area contributed by atoms with Crippen LogP contribution in [0.3, 0.4) is 0 Å². The molecule has 0 radical (unpaired) electrons.